The number of thiocarbonyl (C=S) groups is 1. The lowest BCUT2D eigenvalue weighted by Crippen LogP contribution is -2.24. The van der Waals surface area contributed by atoms with Crippen LogP contribution in [-0.4, -0.2) is 39.6 Å². The number of sulfonamides is 1. The fourth-order valence-electron chi connectivity index (χ4n) is 1.56. The molecule has 0 fully saturated rings. The highest BCUT2D eigenvalue weighted by Gasteiger charge is 2.17. The van der Waals surface area contributed by atoms with Gasteiger partial charge >= 0.3 is 0 Å². The Bertz CT molecular complexity index is 724. The summed E-state index contributed by atoms with van der Waals surface area (Å²) in [5.74, 6) is -0.965. The average molecular weight is 336 g/mol. The number of benzene rings is 1. The van der Waals surface area contributed by atoms with Crippen molar-refractivity contribution < 1.29 is 16.8 Å². The third kappa shape index (κ3) is 5.06. The lowest BCUT2D eigenvalue weighted by atomic mass is 10.1. The van der Waals surface area contributed by atoms with Crippen molar-refractivity contribution >= 4 is 42.8 Å². The smallest absolute Gasteiger partial charge is 0.233 e. The summed E-state index contributed by atoms with van der Waals surface area (Å²) in [7, 11) is -7.14. The average Bonchev–Trinajstić information content (AvgIpc) is 2.24. The molecule has 20 heavy (non-hydrogen) atoms. The molecule has 0 aromatic heterocycles. The predicted molar refractivity (Wildman–Crippen MR) is 84.2 cm³/mol. The first-order valence-corrected chi connectivity index (χ1v) is 9.71. The lowest BCUT2D eigenvalue weighted by Gasteiger charge is -2.13. The molecule has 0 amide bonds. The zero-order chi connectivity index (χ0) is 15.6. The maximum absolute atomic E-state index is 11.9. The third-order valence-electron chi connectivity index (χ3n) is 2.51. The van der Waals surface area contributed by atoms with Gasteiger partial charge in [0.1, 0.15) is 14.8 Å². The number of aryl methyl sites for hydroxylation is 1. The van der Waals surface area contributed by atoms with Crippen LogP contribution >= 0.6 is 12.2 Å². The molecule has 0 radical (unpaired) electrons. The van der Waals surface area contributed by atoms with E-state index in [1.54, 1.807) is 19.1 Å². The van der Waals surface area contributed by atoms with Crippen molar-refractivity contribution in [2.24, 2.45) is 5.73 Å². The first-order valence-electron chi connectivity index (χ1n) is 5.59. The van der Waals surface area contributed by atoms with Crippen molar-refractivity contribution in [1.82, 2.24) is 0 Å². The Morgan fingerprint density at radius 2 is 1.85 bits per heavy atom. The zero-order valence-electron chi connectivity index (χ0n) is 11.1. The molecule has 0 aliphatic rings. The molecule has 3 N–H and O–H groups in total. The second-order valence-corrected chi connectivity index (χ2v) is 8.95. The van der Waals surface area contributed by atoms with Gasteiger partial charge in [-0.05, 0) is 18.6 Å². The maximum Gasteiger partial charge on any atom is 0.233 e. The second-order valence-electron chi connectivity index (χ2n) is 4.41. The normalized spacial score (nSPS) is 12.1. The molecule has 1 rings (SSSR count). The quantitative estimate of drug-likeness (QED) is 0.729. The van der Waals surface area contributed by atoms with Gasteiger partial charge in [-0.3, -0.25) is 4.72 Å². The molecule has 0 heterocycles. The summed E-state index contributed by atoms with van der Waals surface area (Å²) >= 11 is 4.90. The van der Waals surface area contributed by atoms with Gasteiger partial charge in [-0.1, -0.05) is 24.4 Å². The Morgan fingerprint density at radius 1 is 1.25 bits per heavy atom. The molecule has 0 saturated heterocycles. The SMILES string of the molecule is Cc1cccc(NS(=O)(=O)CCS(C)(=O)=O)c1C(N)=S. The van der Waals surface area contributed by atoms with E-state index in [4.69, 9.17) is 18.0 Å². The van der Waals surface area contributed by atoms with E-state index < -0.39 is 31.4 Å². The molecule has 1 aromatic carbocycles. The van der Waals surface area contributed by atoms with E-state index in [0.717, 1.165) is 11.8 Å². The number of sulfone groups is 1. The van der Waals surface area contributed by atoms with Crippen LogP contribution in [0.15, 0.2) is 18.2 Å². The van der Waals surface area contributed by atoms with Crippen molar-refractivity contribution in [3.05, 3.63) is 29.3 Å². The predicted octanol–water partition coefficient (Wildman–Crippen LogP) is 0.416. The van der Waals surface area contributed by atoms with Gasteiger partial charge in [-0.15, -0.1) is 0 Å². The number of anilines is 1. The van der Waals surface area contributed by atoms with Crippen LogP contribution in [0.25, 0.3) is 0 Å². The Labute approximate surface area is 124 Å². The fourth-order valence-corrected chi connectivity index (χ4v) is 4.53. The Kier molecular flexibility index (Phi) is 5.11. The fraction of sp³-hybridized carbons (Fsp3) is 0.364. The van der Waals surface area contributed by atoms with Gasteiger partial charge < -0.3 is 5.73 Å². The molecule has 112 valence electrons. The molecule has 0 bridgehead atoms. The minimum atomic E-state index is -3.78. The Balaban J connectivity index is 3.05. The van der Waals surface area contributed by atoms with Crippen molar-refractivity contribution in [1.29, 1.82) is 0 Å². The maximum atomic E-state index is 11.9. The monoisotopic (exact) mass is 336 g/mol. The molecule has 1 aromatic rings. The van der Waals surface area contributed by atoms with Gasteiger partial charge in [0.25, 0.3) is 0 Å². The minimum Gasteiger partial charge on any atom is -0.389 e. The molecule has 0 saturated carbocycles. The summed E-state index contributed by atoms with van der Waals surface area (Å²) in [5, 5.41) is 0. The summed E-state index contributed by atoms with van der Waals surface area (Å²) in [6, 6.07) is 4.94. The van der Waals surface area contributed by atoms with Crippen molar-refractivity contribution in [3.8, 4) is 0 Å². The van der Waals surface area contributed by atoms with Crippen LogP contribution in [0.3, 0.4) is 0 Å². The number of nitrogens with one attached hydrogen (secondary N) is 1. The lowest BCUT2D eigenvalue weighted by molar-refractivity contribution is 0.593. The second kappa shape index (κ2) is 6.06. The Hall–Kier alpha value is -1.19. The summed E-state index contributed by atoms with van der Waals surface area (Å²) in [4.78, 5) is 0.0731. The van der Waals surface area contributed by atoms with Crippen LogP contribution in [0.2, 0.25) is 0 Å². The highest BCUT2D eigenvalue weighted by Crippen LogP contribution is 2.20. The molecule has 0 unspecified atom stereocenters. The van der Waals surface area contributed by atoms with Crippen molar-refractivity contribution in [2.75, 3.05) is 22.5 Å². The standard InChI is InChI=1S/C11H16N2O4S3/c1-8-4-3-5-9(10(8)11(12)18)13-20(16,17)7-6-19(2,14)15/h3-5,13H,6-7H2,1-2H3,(H2,12,18). The Morgan fingerprint density at radius 3 is 2.35 bits per heavy atom. The highest BCUT2D eigenvalue weighted by molar-refractivity contribution is 7.95. The number of hydrogen-bond donors (Lipinski definition) is 2. The third-order valence-corrected chi connectivity index (χ3v) is 5.19. The summed E-state index contributed by atoms with van der Waals surface area (Å²) in [6.07, 6.45) is 0.982. The molecule has 9 heteroatoms. The van der Waals surface area contributed by atoms with Crippen molar-refractivity contribution in [3.63, 3.8) is 0 Å². The van der Waals surface area contributed by atoms with E-state index in [0.29, 0.717) is 5.56 Å². The first-order chi connectivity index (χ1) is 9.02. The largest absolute Gasteiger partial charge is 0.389 e. The van der Waals surface area contributed by atoms with Gasteiger partial charge in [0, 0.05) is 11.8 Å². The molecule has 0 aliphatic heterocycles. The summed E-state index contributed by atoms with van der Waals surface area (Å²) in [5.41, 5.74) is 7.01. The molecule has 0 atom stereocenters. The number of nitrogens with two attached hydrogens (primary N) is 1. The highest BCUT2D eigenvalue weighted by atomic mass is 32.2. The van der Waals surface area contributed by atoms with Crippen molar-refractivity contribution in [2.45, 2.75) is 6.92 Å². The van der Waals surface area contributed by atoms with Crippen LogP contribution in [0.1, 0.15) is 11.1 Å². The molecule has 0 aliphatic carbocycles. The summed E-state index contributed by atoms with van der Waals surface area (Å²) < 4.78 is 48.1. The van der Waals surface area contributed by atoms with Gasteiger partial charge in [0.05, 0.1) is 17.2 Å². The zero-order valence-corrected chi connectivity index (χ0v) is 13.5. The van der Waals surface area contributed by atoms with E-state index in [-0.39, 0.29) is 10.7 Å². The first kappa shape index (κ1) is 16.9. The van der Waals surface area contributed by atoms with Crippen LogP contribution in [0.4, 0.5) is 5.69 Å². The van der Waals surface area contributed by atoms with Crippen LogP contribution in [0, 0.1) is 6.92 Å². The van der Waals surface area contributed by atoms with E-state index in [2.05, 4.69) is 4.72 Å². The van der Waals surface area contributed by atoms with Gasteiger partial charge in [-0.2, -0.15) is 0 Å². The van der Waals surface area contributed by atoms with Gasteiger partial charge in [0.15, 0.2) is 0 Å². The molecule has 6 nitrogen and oxygen atoms in total. The molecular weight excluding hydrogens is 320 g/mol. The van der Waals surface area contributed by atoms with Gasteiger partial charge in [0.2, 0.25) is 10.0 Å². The van der Waals surface area contributed by atoms with E-state index in [1.807, 2.05) is 0 Å². The van der Waals surface area contributed by atoms with Crippen LogP contribution < -0.4 is 10.5 Å². The van der Waals surface area contributed by atoms with E-state index in [1.165, 1.54) is 6.07 Å². The topological polar surface area (TPSA) is 106 Å². The van der Waals surface area contributed by atoms with Crippen LogP contribution in [-0.2, 0) is 19.9 Å². The summed E-state index contributed by atoms with van der Waals surface area (Å²) in [6.45, 7) is 1.75. The van der Waals surface area contributed by atoms with E-state index >= 15 is 0 Å². The minimum absolute atomic E-state index is 0.0731. The van der Waals surface area contributed by atoms with Crippen LogP contribution in [0.5, 0.6) is 0 Å². The number of rotatable bonds is 6. The van der Waals surface area contributed by atoms with Gasteiger partial charge in [-0.25, -0.2) is 16.8 Å². The number of hydrogen-bond acceptors (Lipinski definition) is 5. The van der Waals surface area contributed by atoms with E-state index in [9.17, 15) is 16.8 Å². The molecular formula is C11H16N2O4S3. The molecule has 0 spiro atoms.